The second-order valence-corrected chi connectivity index (χ2v) is 2.78. The van der Waals surface area contributed by atoms with E-state index in [1.165, 1.54) is 13.9 Å². The lowest BCUT2D eigenvalue weighted by Gasteiger charge is -1.94. The fourth-order valence-corrected chi connectivity index (χ4v) is 1.18. The lowest BCUT2D eigenvalue weighted by molar-refractivity contribution is 0.824. The maximum Gasteiger partial charge on any atom is 0.0320 e. The smallest absolute Gasteiger partial charge is 0.0320 e. The zero-order valence-electron chi connectivity index (χ0n) is 5.83. The molecule has 2 nitrogen and oxygen atoms in total. The van der Waals surface area contributed by atoms with Crippen molar-refractivity contribution in [2.45, 2.75) is 0 Å². The van der Waals surface area contributed by atoms with Crippen molar-refractivity contribution in [2.24, 2.45) is 0 Å². The minimum absolute atomic E-state index is 0. The van der Waals surface area contributed by atoms with Gasteiger partial charge in [-0.2, -0.15) is 0 Å². The topological polar surface area (TPSA) is 57.5 Å². The molecule has 0 fully saturated rings. The Balaban J connectivity index is 0.000000810. The van der Waals surface area contributed by atoms with Crippen LogP contribution in [0.5, 0.6) is 0 Å². The molecule has 3 heteroatoms. The Kier molecular flexibility index (Phi) is 4.01. The number of benzene rings is 1. The van der Waals surface area contributed by atoms with Crippen LogP contribution in [0, 0.1) is 0 Å². The van der Waals surface area contributed by atoms with E-state index >= 15 is 0 Å². The van der Waals surface area contributed by atoms with Gasteiger partial charge in [0, 0.05) is 5.69 Å². The van der Waals surface area contributed by atoms with Crippen LogP contribution in [0.15, 0.2) is 24.3 Å². The summed E-state index contributed by atoms with van der Waals surface area (Å²) in [5.74, 6) is 0. The van der Waals surface area contributed by atoms with Gasteiger partial charge in [0.05, 0.1) is 0 Å². The molecule has 1 rings (SSSR count). The molecule has 0 atom stereocenters. The Bertz CT molecular complexity index is 203. The largest absolute Gasteiger partial charge is 0.412 e. The van der Waals surface area contributed by atoms with Gasteiger partial charge in [-0.05, 0) is 32.7 Å². The van der Waals surface area contributed by atoms with Crippen LogP contribution in [0.1, 0.15) is 0 Å². The van der Waals surface area contributed by atoms with E-state index in [2.05, 4.69) is 12.7 Å². The average Bonchev–Trinajstić information content (AvgIpc) is 1.88. The lowest BCUT2D eigenvalue weighted by atomic mass is 10.3. The number of rotatable bonds is 1. The summed E-state index contributed by atoms with van der Waals surface area (Å²) in [4.78, 5) is 0. The molecule has 0 saturated carbocycles. The molecular formula is C7H11NOP. The van der Waals surface area contributed by atoms with Crippen molar-refractivity contribution in [1.29, 1.82) is 0 Å². The monoisotopic (exact) mass is 156 g/mol. The minimum Gasteiger partial charge on any atom is -0.412 e. The summed E-state index contributed by atoms with van der Waals surface area (Å²) in [6.07, 6.45) is 0. The normalized spacial score (nSPS) is 9.70. The van der Waals surface area contributed by atoms with Crippen LogP contribution >= 0.6 is 8.58 Å². The highest BCUT2D eigenvalue weighted by Gasteiger charge is 1.86. The Morgan fingerprint density at radius 1 is 1.40 bits per heavy atom. The summed E-state index contributed by atoms with van der Waals surface area (Å²) in [5, 5.41) is 1.27. The molecule has 1 radical (unpaired) electrons. The van der Waals surface area contributed by atoms with Gasteiger partial charge in [-0.15, -0.1) is 0 Å². The van der Waals surface area contributed by atoms with Gasteiger partial charge < -0.3 is 11.2 Å². The number of nitrogen functional groups attached to an aromatic ring is 1. The third-order valence-corrected chi connectivity index (χ3v) is 1.92. The van der Waals surface area contributed by atoms with E-state index in [0.29, 0.717) is 0 Å². The van der Waals surface area contributed by atoms with E-state index in [9.17, 15) is 0 Å². The molecule has 1 aromatic carbocycles. The van der Waals surface area contributed by atoms with Crippen LogP contribution in [0.4, 0.5) is 5.69 Å². The predicted octanol–water partition coefficient (Wildman–Crippen LogP) is 0.645. The van der Waals surface area contributed by atoms with Gasteiger partial charge in [0.1, 0.15) is 0 Å². The highest BCUT2D eigenvalue weighted by Crippen LogP contribution is 2.06. The van der Waals surface area contributed by atoms with Gasteiger partial charge in [-0.3, -0.25) is 0 Å². The SMILES string of the molecule is C[P]c1cccc(N)c1.O. The first kappa shape index (κ1) is 9.41. The Hall–Kier alpha value is -0.590. The van der Waals surface area contributed by atoms with E-state index in [4.69, 9.17) is 5.73 Å². The van der Waals surface area contributed by atoms with Crippen LogP contribution in [-0.4, -0.2) is 12.1 Å². The van der Waals surface area contributed by atoms with Crippen molar-refractivity contribution in [3.63, 3.8) is 0 Å². The molecular weight excluding hydrogens is 145 g/mol. The van der Waals surface area contributed by atoms with Crippen molar-refractivity contribution >= 4 is 19.6 Å². The van der Waals surface area contributed by atoms with E-state index in [1.807, 2.05) is 18.2 Å². The summed E-state index contributed by atoms with van der Waals surface area (Å²) in [5.41, 5.74) is 6.38. The van der Waals surface area contributed by atoms with Crippen LogP contribution in [0.2, 0.25) is 0 Å². The molecule has 55 valence electrons. The number of hydrogen-bond donors (Lipinski definition) is 1. The molecule has 0 saturated heterocycles. The lowest BCUT2D eigenvalue weighted by Crippen LogP contribution is -1.94. The summed E-state index contributed by atoms with van der Waals surface area (Å²) in [6, 6.07) is 7.93. The fraction of sp³-hybridized carbons (Fsp3) is 0.143. The van der Waals surface area contributed by atoms with Crippen molar-refractivity contribution in [3.8, 4) is 0 Å². The molecule has 0 unspecified atom stereocenters. The maximum absolute atomic E-state index is 5.53. The second-order valence-electron chi connectivity index (χ2n) is 1.82. The Labute approximate surface area is 62.5 Å². The molecule has 0 aliphatic carbocycles. The number of nitrogens with two attached hydrogens (primary N) is 1. The van der Waals surface area contributed by atoms with Crippen molar-refractivity contribution in [1.82, 2.24) is 0 Å². The minimum atomic E-state index is 0. The number of hydrogen-bond acceptors (Lipinski definition) is 1. The summed E-state index contributed by atoms with van der Waals surface area (Å²) >= 11 is 0. The first-order valence-electron chi connectivity index (χ1n) is 2.78. The molecule has 0 heterocycles. The molecule has 10 heavy (non-hydrogen) atoms. The van der Waals surface area contributed by atoms with Crippen LogP contribution < -0.4 is 11.0 Å². The molecule has 1 aromatic rings. The van der Waals surface area contributed by atoms with E-state index < -0.39 is 0 Å². The van der Waals surface area contributed by atoms with E-state index in [1.54, 1.807) is 0 Å². The molecule has 0 bridgehead atoms. The fourth-order valence-electron chi connectivity index (χ4n) is 0.664. The quantitative estimate of drug-likeness (QED) is 0.471. The van der Waals surface area contributed by atoms with Gasteiger partial charge in [0.2, 0.25) is 0 Å². The van der Waals surface area contributed by atoms with Crippen molar-refractivity contribution in [2.75, 3.05) is 12.4 Å². The Morgan fingerprint density at radius 2 is 2.10 bits per heavy atom. The van der Waals surface area contributed by atoms with E-state index in [0.717, 1.165) is 5.69 Å². The van der Waals surface area contributed by atoms with Crippen LogP contribution in [0.3, 0.4) is 0 Å². The average molecular weight is 156 g/mol. The third kappa shape index (κ3) is 2.34. The maximum atomic E-state index is 5.53. The zero-order chi connectivity index (χ0) is 6.69. The highest BCUT2D eigenvalue weighted by molar-refractivity contribution is 7.46. The van der Waals surface area contributed by atoms with Gasteiger partial charge in [0.15, 0.2) is 0 Å². The van der Waals surface area contributed by atoms with Crippen LogP contribution in [0.25, 0.3) is 0 Å². The van der Waals surface area contributed by atoms with E-state index in [-0.39, 0.29) is 5.48 Å². The second kappa shape index (κ2) is 4.26. The summed E-state index contributed by atoms with van der Waals surface area (Å²) in [6.45, 7) is 2.09. The van der Waals surface area contributed by atoms with Crippen LogP contribution in [-0.2, 0) is 0 Å². The van der Waals surface area contributed by atoms with Gasteiger partial charge >= 0.3 is 0 Å². The van der Waals surface area contributed by atoms with Crippen molar-refractivity contribution < 1.29 is 5.48 Å². The van der Waals surface area contributed by atoms with Crippen molar-refractivity contribution in [3.05, 3.63) is 24.3 Å². The first-order valence-corrected chi connectivity index (χ1v) is 4.12. The molecule has 4 N–H and O–H groups in total. The predicted molar refractivity (Wildman–Crippen MR) is 46.9 cm³/mol. The van der Waals surface area contributed by atoms with Gasteiger partial charge in [-0.25, -0.2) is 0 Å². The summed E-state index contributed by atoms with van der Waals surface area (Å²) < 4.78 is 0. The number of anilines is 1. The third-order valence-electron chi connectivity index (χ3n) is 1.13. The molecule has 0 amide bonds. The molecule has 0 spiro atoms. The first-order chi connectivity index (χ1) is 4.33. The van der Waals surface area contributed by atoms with Gasteiger partial charge in [0.25, 0.3) is 0 Å². The molecule has 0 aliphatic rings. The molecule has 0 aliphatic heterocycles. The standard InChI is InChI=1S/C7H9NP.H2O/c1-9-7-4-2-3-6(8)5-7;/h2-5H,8H2,1H3;1H2. The zero-order valence-corrected chi connectivity index (χ0v) is 6.73. The Morgan fingerprint density at radius 3 is 2.50 bits per heavy atom. The van der Waals surface area contributed by atoms with Gasteiger partial charge in [-0.1, -0.05) is 12.1 Å². The molecule has 0 aromatic heterocycles. The summed E-state index contributed by atoms with van der Waals surface area (Å²) in [7, 11) is 1.27. The highest BCUT2D eigenvalue weighted by atomic mass is 31.1.